The van der Waals surface area contributed by atoms with Gasteiger partial charge in [-0.3, -0.25) is 0 Å². The number of benzene rings is 1. The molecule has 0 heterocycles. The predicted molar refractivity (Wildman–Crippen MR) is 103 cm³/mol. The molecule has 0 atom stereocenters. The molecule has 0 radical (unpaired) electrons. The molecule has 0 aliphatic heterocycles. The normalized spacial score (nSPS) is 10.9. The number of hydrogen-bond donors (Lipinski definition) is 1. The Morgan fingerprint density at radius 3 is 2.17 bits per heavy atom. The van der Waals surface area contributed by atoms with Crippen molar-refractivity contribution in [3.05, 3.63) is 29.8 Å². The van der Waals surface area contributed by atoms with Crippen LogP contribution in [0.2, 0.25) is 0 Å². The van der Waals surface area contributed by atoms with Crippen molar-refractivity contribution in [2.24, 2.45) is 5.73 Å². The maximum absolute atomic E-state index is 5.77. The van der Waals surface area contributed by atoms with Gasteiger partial charge in [0.1, 0.15) is 5.75 Å². The average Bonchev–Trinajstić information content (AvgIpc) is 2.61. The maximum atomic E-state index is 5.77. The number of unbranched alkanes of at least 4 members (excludes halogenated alkanes) is 6. The number of hydrogen-bond acceptors (Lipinski definition) is 3. The Balaban J connectivity index is 2.00. The molecule has 0 aliphatic rings. The third-order valence-electron chi connectivity index (χ3n) is 4.19. The van der Waals surface area contributed by atoms with Gasteiger partial charge in [-0.25, -0.2) is 0 Å². The minimum Gasteiger partial charge on any atom is -0.494 e. The van der Waals surface area contributed by atoms with Crippen LogP contribution in [0.25, 0.3) is 0 Å². The third-order valence-corrected chi connectivity index (χ3v) is 4.19. The Hall–Kier alpha value is -1.06. The second kappa shape index (κ2) is 15.5. The second-order valence-corrected chi connectivity index (χ2v) is 6.47. The first kappa shape index (κ1) is 21.0. The van der Waals surface area contributed by atoms with E-state index in [0.717, 1.165) is 64.2 Å². The molecule has 0 aromatic heterocycles. The fourth-order valence-corrected chi connectivity index (χ4v) is 2.65. The van der Waals surface area contributed by atoms with Crippen molar-refractivity contribution in [1.29, 1.82) is 0 Å². The van der Waals surface area contributed by atoms with Crippen molar-refractivity contribution in [1.82, 2.24) is 0 Å². The molecule has 0 saturated heterocycles. The molecule has 1 rings (SSSR count). The van der Waals surface area contributed by atoms with Gasteiger partial charge >= 0.3 is 0 Å². The minimum absolute atomic E-state index is 0.809. The highest BCUT2D eigenvalue weighted by Gasteiger charge is 1.97. The first-order valence-electron chi connectivity index (χ1n) is 9.86. The molecule has 3 nitrogen and oxygen atoms in total. The molecule has 0 unspecified atom stereocenters. The van der Waals surface area contributed by atoms with E-state index >= 15 is 0 Å². The smallest absolute Gasteiger partial charge is 0.119 e. The van der Waals surface area contributed by atoms with Crippen molar-refractivity contribution in [3.8, 4) is 5.75 Å². The van der Waals surface area contributed by atoms with Gasteiger partial charge in [-0.15, -0.1) is 0 Å². The third kappa shape index (κ3) is 11.5. The van der Waals surface area contributed by atoms with Gasteiger partial charge in [-0.1, -0.05) is 51.2 Å². The van der Waals surface area contributed by atoms with E-state index in [0.29, 0.717) is 0 Å². The lowest BCUT2D eigenvalue weighted by Gasteiger charge is -2.08. The molecule has 138 valence electrons. The van der Waals surface area contributed by atoms with Crippen molar-refractivity contribution in [2.75, 3.05) is 26.4 Å². The Morgan fingerprint density at radius 1 is 0.750 bits per heavy atom. The summed E-state index contributed by atoms with van der Waals surface area (Å²) in [6, 6.07) is 8.53. The van der Waals surface area contributed by atoms with Crippen LogP contribution < -0.4 is 10.5 Å². The molecule has 1 aromatic carbocycles. The van der Waals surface area contributed by atoms with E-state index < -0.39 is 0 Å². The van der Waals surface area contributed by atoms with Crippen LogP contribution in [0.5, 0.6) is 5.75 Å². The molecular weight excluding hydrogens is 298 g/mol. The van der Waals surface area contributed by atoms with Crippen LogP contribution in [0.4, 0.5) is 0 Å². The molecule has 1 aromatic rings. The zero-order valence-electron chi connectivity index (χ0n) is 15.6. The van der Waals surface area contributed by atoms with E-state index in [-0.39, 0.29) is 0 Å². The van der Waals surface area contributed by atoms with Gasteiger partial charge in [0.15, 0.2) is 0 Å². The number of nitrogens with two attached hydrogens (primary N) is 1. The van der Waals surface area contributed by atoms with Crippen LogP contribution in [0, 0.1) is 0 Å². The topological polar surface area (TPSA) is 44.5 Å². The number of aryl methyl sites for hydroxylation is 1. The summed E-state index contributed by atoms with van der Waals surface area (Å²) in [7, 11) is 0. The molecular formula is C21H37NO2. The number of rotatable bonds is 16. The maximum Gasteiger partial charge on any atom is 0.119 e. The fraction of sp³-hybridized carbons (Fsp3) is 0.714. The van der Waals surface area contributed by atoms with Crippen LogP contribution in [0.3, 0.4) is 0 Å². The Labute approximate surface area is 148 Å². The molecule has 2 N–H and O–H groups in total. The first-order chi connectivity index (χ1) is 11.9. The fourth-order valence-electron chi connectivity index (χ4n) is 2.65. The predicted octanol–water partition coefficient (Wildman–Crippen LogP) is 5.11. The van der Waals surface area contributed by atoms with Crippen LogP contribution in [0.1, 0.15) is 70.3 Å². The van der Waals surface area contributed by atoms with Gasteiger partial charge < -0.3 is 15.2 Å². The minimum atomic E-state index is 0.809. The molecule has 0 amide bonds. The van der Waals surface area contributed by atoms with Gasteiger partial charge in [-0.05, 0) is 56.3 Å². The van der Waals surface area contributed by atoms with E-state index in [2.05, 4.69) is 31.2 Å². The molecule has 0 saturated carbocycles. The summed E-state index contributed by atoms with van der Waals surface area (Å²) in [4.78, 5) is 0. The molecule has 0 bridgehead atoms. The van der Waals surface area contributed by atoms with Gasteiger partial charge in [-0.2, -0.15) is 0 Å². The Morgan fingerprint density at radius 2 is 1.42 bits per heavy atom. The van der Waals surface area contributed by atoms with E-state index in [1.165, 1.54) is 37.7 Å². The summed E-state index contributed by atoms with van der Waals surface area (Å²) in [5.74, 6) is 0.990. The molecule has 3 heteroatoms. The van der Waals surface area contributed by atoms with Gasteiger partial charge in [0.2, 0.25) is 0 Å². The lowest BCUT2D eigenvalue weighted by Crippen LogP contribution is -2.01. The summed E-state index contributed by atoms with van der Waals surface area (Å²) >= 11 is 0. The zero-order valence-corrected chi connectivity index (χ0v) is 15.6. The van der Waals surface area contributed by atoms with Gasteiger partial charge in [0.05, 0.1) is 6.61 Å². The van der Waals surface area contributed by atoms with Crippen molar-refractivity contribution >= 4 is 0 Å². The number of ether oxygens (including phenoxy) is 2. The summed E-state index contributed by atoms with van der Waals surface area (Å²) < 4.78 is 11.5. The van der Waals surface area contributed by atoms with Crippen molar-refractivity contribution in [3.63, 3.8) is 0 Å². The average molecular weight is 336 g/mol. The summed E-state index contributed by atoms with van der Waals surface area (Å²) in [6.45, 7) is 5.61. The van der Waals surface area contributed by atoms with Crippen LogP contribution >= 0.6 is 0 Å². The quantitative estimate of drug-likeness (QED) is 0.427. The van der Waals surface area contributed by atoms with E-state index in [9.17, 15) is 0 Å². The largest absolute Gasteiger partial charge is 0.494 e. The highest BCUT2D eigenvalue weighted by molar-refractivity contribution is 5.27. The highest BCUT2D eigenvalue weighted by atomic mass is 16.5. The van der Waals surface area contributed by atoms with Crippen molar-refractivity contribution < 1.29 is 9.47 Å². The Kier molecular flexibility index (Phi) is 13.5. The Bertz CT molecular complexity index is 378. The first-order valence-corrected chi connectivity index (χ1v) is 9.86. The molecule has 24 heavy (non-hydrogen) atoms. The lowest BCUT2D eigenvalue weighted by atomic mass is 10.1. The highest BCUT2D eigenvalue weighted by Crippen LogP contribution is 2.14. The summed E-state index contributed by atoms with van der Waals surface area (Å²) in [6.07, 6.45) is 11.9. The second-order valence-electron chi connectivity index (χ2n) is 6.47. The standard InChI is InChI=1S/C21H37NO2/c1-2-3-4-9-19-24-21-14-12-20(13-15-21)11-10-18-23-17-8-6-5-7-16-22/h12-15H,2-11,16-19,22H2,1H3. The molecule has 0 aliphatic carbocycles. The lowest BCUT2D eigenvalue weighted by molar-refractivity contribution is 0.128. The van der Waals surface area contributed by atoms with Crippen LogP contribution in [0.15, 0.2) is 24.3 Å². The van der Waals surface area contributed by atoms with Crippen LogP contribution in [-0.4, -0.2) is 26.4 Å². The van der Waals surface area contributed by atoms with E-state index in [1.54, 1.807) is 0 Å². The van der Waals surface area contributed by atoms with E-state index in [4.69, 9.17) is 15.2 Å². The van der Waals surface area contributed by atoms with E-state index in [1.807, 2.05) is 0 Å². The van der Waals surface area contributed by atoms with Crippen molar-refractivity contribution in [2.45, 2.75) is 71.1 Å². The SMILES string of the molecule is CCCCCCOc1ccc(CCCOCCCCCCN)cc1. The van der Waals surface area contributed by atoms with Gasteiger partial charge in [0, 0.05) is 13.2 Å². The zero-order chi connectivity index (χ0) is 17.3. The summed E-state index contributed by atoms with van der Waals surface area (Å²) in [5.41, 5.74) is 6.84. The summed E-state index contributed by atoms with van der Waals surface area (Å²) in [5, 5.41) is 0. The molecule has 0 fully saturated rings. The van der Waals surface area contributed by atoms with Crippen LogP contribution in [-0.2, 0) is 11.2 Å². The van der Waals surface area contributed by atoms with Gasteiger partial charge in [0.25, 0.3) is 0 Å². The monoisotopic (exact) mass is 335 g/mol. The molecule has 0 spiro atoms.